The van der Waals surface area contributed by atoms with Crippen LogP contribution in [0.1, 0.15) is 65.5 Å². The lowest BCUT2D eigenvalue weighted by Crippen LogP contribution is -2.51. The molecule has 0 spiro atoms. The van der Waals surface area contributed by atoms with E-state index in [0.29, 0.717) is 11.1 Å². The van der Waals surface area contributed by atoms with E-state index in [2.05, 4.69) is 6.58 Å². The zero-order valence-corrected chi connectivity index (χ0v) is 21.6. The molecule has 10 heteroatoms. The SMILES string of the molecule is C=CC(c1ccc(/C=C\C(C)OC(=O)OC(C)(C)C)cc1)C(NC(=O)C(F)(F)F)C(=O)OC(C)(C)C. The van der Waals surface area contributed by atoms with E-state index in [0.717, 1.165) is 0 Å². The molecule has 7 nitrogen and oxygen atoms in total. The van der Waals surface area contributed by atoms with Crippen molar-refractivity contribution in [2.45, 2.75) is 83.9 Å². The standard InChI is InChI=1S/C26H34F3NO6/c1-9-19(20(21(31)35-24(3,4)5)30-22(32)26(27,28)29)18-14-12-17(13-15-18)11-10-16(2)34-23(33)36-25(6,7)8/h9-16,19-20H,1H2,2-8H3,(H,30,32)/b11-10-. The lowest BCUT2D eigenvalue weighted by molar-refractivity contribution is -0.177. The molecular weight excluding hydrogens is 479 g/mol. The van der Waals surface area contributed by atoms with E-state index in [9.17, 15) is 27.6 Å². The third-order valence-corrected chi connectivity index (χ3v) is 4.37. The fraction of sp³-hybridized carbons (Fsp3) is 0.500. The second-order valence-corrected chi connectivity index (χ2v) is 10.1. The summed E-state index contributed by atoms with van der Waals surface area (Å²) in [6.45, 7) is 15.1. The maximum atomic E-state index is 12.9. The minimum Gasteiger partial charge on any atom is -0.458 e. The molecule has 200 valence electrons. The normalized spacial score (nSPS) is 14.9. The molecule has 0 aromatic heterocycles. The van der Waals surface area contributed by atoms with Crippen LogP contribution in [0.2, 0.25) is 0 Å². The minimum atomic E-state index is -5.18. The predicted molar refractivity (Wildman–Crippen MR) is 129 cm³/mol. The summed E-state index contributed by atoms with van der Waals surface area (Å²) in [5, 5.41) is 1.73. The van der Waals surface area contributed by atoms with Gasteiger partial charge in [0, 0.05) is 5.92 Å². The first-order valence-corrected chi connectivity index (χ1v) is 11.2. The van der Waals surface area contributed by atoms with E-state index in [1.165, 1.54) is 6.08 Å². The van der Waals surface area contributed by atoms with Gasteiger partial charge in [0.05, 0.1) is 0 Å². The summed E-state index contributed by atoms with van der Waals surface area (Å²) in [5.41, 5.74) is -0.557. The molecule has 3 unspecified atom stereocenters. The number of hydrogen-bond donors (Lipinski definition) is 1. The second-order valence-electron chi connectivity index (χ2n) is 10.1. The number of benzene rings is 1. The van der Waals surface area contributed by atoms with Crippen LogP contribution in [0.15, 0.2) is 43.0 Å². The molecule has 3 atom stereocenters. The van der Waals surface area contributed by atoms with Crippen molar-refractivity contribution in [3.63, 3.8) is 0 Å². The van der Waals surface area contributed by atoms with Crippen molar-refractivity contribution in [2.24, 2.45) is 0 Å². The van der Waals surface area contributed by atoms with Crippen LogP contribution in [0.5, 0.6) is 0 Å². The first-order chi connectivity index (χ1) is 16.3. The quantitative estimate of drug-likeness (QED) is 0.354. The monoisotopic (exact) mass is 513 g/mol. The highest BCUT2D eigenvalue weighted by Crippen LogP contribution is 2.26. The summed E-state index contributed by atoms with van der Waals surface area (Å²) >= 11 is 0. The van der Waals surface area contributed by atoms with Crippen LogP contribution in [-0.2, 0) is 23.8 Å². The van der Waals surface area contributed by atoms with Crippen LogP contribution >= 0.6 is 0 Å². The fourth-order valence-corrected chi connectivity index (χ4v) is 2.89. The van der Waals surface area contributed by atoms with Crippen molar-refractivity contribution in [3.05, 3.63) is 54.1 Å². The maximum absolute atomic E-state index is 12.9. The van der Waals surface area contributed by atoms with E-state index in [1.54, 1.807) is 90.2 Å². The summed E-state index contributed by atoms with van der Waals surface area (Å²) in [7, 11) is 0. The van der Waals surface area contributed by atoms with Crippen LogP contribution in [0.4, 0.5) is 18.0 Å². The molecular formula is C26H34F3NO6. The Bertz CT molecular complexity index is 956. The van der Waals surface area contributed by atoms with E-state index in [-0.39, 0.29) is 0 Å². The zero-order valence-electron chi connectivity index (χ0n) is 21.6. The number of esters is 1. The van der Waals surface area contributed by atoms with Crippen LogP contribution in [0.3, 0.4) is 0 Å². The summed E-state index contributed by atoms with van der Waals surface area (Å²) in [6.07, 6.45) is -2.01. The smallest absolute Gasteiger partial charge is 0.458 e. The summed E-state index contributed by atoms with van der Waals surface area (Å²) < 4.78 is 54.2. The molecule has 1 N–H and O–H groups in total. The van der Waals surface area contributed by atoms with Gasteiger partial charge in [-0.1, -0.05) is 36.4 Å². The van der Waals surface area contributed by atoms with Gasteiger partial charge in [0.2, 0.25) is 0 Å². The number of carbonyl (C=O) groups is 3. The fourth-order valence-electron chi connectivity index (χ4n) is 2.89. The van der Waals surface area contributed by atoms with E-state index >= 15 is 0 Å². The van der Waals surface area contributed by atoms with Gasteiger partial charge in [-0.25, -0.2) is 9.59 Å². The molecule has 0 aliphatic carbocycles. The molecule has 0 bridgehead atoms. The van der Waals surface area contributed by atoms with Crippen LogP contribution in [0.25, 0.3) is 6.08 Å². The summed E-state index contributed by atoms with van der Waals surface area (Å²) in [4.78, 5) is 36.1. The first-order valence-electron chi connectivity index (χ1n) is 11.2. The molecule has 0 fully saturated rings. The number of carbonyl (C=O) groups excluding carboxylic acids is 3. The van der Waals surface area contributed by atoms with E-state index in [4.69, 9.17) is 14.2 Å². The van der Waals surface area contributed by atoms with Gasteiger partial charge in [-0.15, -0.1) is 6.58 Å². The topological polar surface area (TPSA) is 90.9 Å². The van der Waals surface area contributed by atoms with Gasteiger partial charge >= 0.3 is 24.2 Å². The number of halogens is 3. The van der Waals surface area contributed by atoms with Crippen LogP contribution < -0.4 is 5.32 Å². The van der Waals surface area contributed by atoms with Crippen molar-refractivity contribution in [2.75, 3.05) is 0 Å². The predicted octanol–water partition coefficient (Wildman–Crippen LogP) is 5.70. The Hall–Kier alpha value is -3.30. The van der Waals surface area contributed by atoms with Crippen molar-refractivity contribution < 1.29 is 41.8 Å². The van der Waals surface area contributed by atoms with Gasteiger partial charge in [0.25, 0.3) is 0 Å². The molecule has 0 heterocycles. The number of hydrogen-bond acceptors (Lipinski definition) is 6. The van der Waals surface area contributed by atoms with Gasteiger partial charge in [-0.3, -0.25) is 4.79 Å². The van der Waals surface area contributed by atoms with Crippen molar-refractivity contribution >= 4 is 24.1 Å². The van der Waals surface area contributed by atoms with Gasteiger partial charge in [0.15, 0.2) is 0 Å². The van der Waals surface area contributed by atoms with Crippen molar-refractivity contribution in [3.8, 4) is 0 Å². The lowest BCUT2D eigenvalue weighted by Gasteiger charge is -2.29. The third kappa shape index (κ3) is 11.0. The number of amides is 1. The first kappa shape index (κ1) is 30.7. The van der Waals surface area contributed by atoms with E-state index < -0.39 is 53.5 Å². The molecule has 0 aliphatic rings. The number of ether oxygens (including phenoxy) is 3. The molecule has 0 radical (unpaired) electrons. The van der Waals surface area contributed by atoms with Gasteiger partial charge in [-0.05, 0) is 65.7 Å². The Kier molecular flexibility index (Phi) is 10.3. The highest BCUT2D eigenvalue weighted by atomic mass is 19.4. The number of rotatable bonds is 8. The molecule has 36 heavy (non-hydrogen) atoms. The van der Waals surface area contributed by atoms with Gasteiger partial charge in [-0.2, -0.15) is 13.2 Å². The average molecular weight is 514 g/mol. The Balaban J connectivity index is 3.08. The average Bonchev–Trinajstić information content (AvgIpc) is 2.69. The molecule has 1 rings (SSSR count). The molecule has 0 saturated carbocycles. The Labute approximate surface area is 209 Å². The molecule has 0 saturated heterocycles. The van der Waals surface area contributed by atoms with E-state index in [1.807, 2.05) is 0 Å². The highest BCUT2D eigenvalue weighted by Gasteiger charge is 2.43. The minimum absolute atomic E-state index is 0.429. The highest BCUT2D eigenvalue weighted by molar-refractivity contribution is 5.88. The lowest BCUT2D eigenvalue weighted by atomic mass is 9.90. The van der Waals surface area contributed by atoms with Crippen molar-refractivity contribution in [1.29, 1.82) is 0 Å². The Morgan fingerprint density at radius 2 is 1.47 bits per heavy atom. The number of alkyl halides is 3. The van der Waals surface area contributed by atoms with Crippen LogP contribution in [0, 0.1) is 0 Å². The van der Waals surface area contributed by atoms with Crippen molar-refractivity contribution in [1.82, 2.24) is 5.32 Å². The zero-order chi connectivity index (χ0) is 27.9. The molecule has 1 aromatic carbocycles. The summed E-state index contributed by atoms with van der Waals surface area (Å²) in [5.74, 6) is -4.29. The second kappa shape index (κ2) is 12.1. The Morgan fingerprint density at radius 1 is 0.944 bits per heavy atom. The third-order valence-electron chi connectivity index (χ3n) is 4.37. The molecule has 1 amide bonds. The molecule has 0 aliphatic heterocycles. The summed E-state index contributed by atoms with van der Waals surface area (Å²) in [6, 6.07) is 4.82. The Morgan fingerprint density at radius 3 is 1.92 bits per heavy atom. The largest absolute Gasteiger partial charge is 0.509 e. The van der Waals surface area contributed by atoms with Crippen LogP contribution in [-0.4, -0.2) is 47.6 Å². The number of nitrogens with one attached hydrogen (secondary N) is 1. The van der Waals surface area contributed by atoms with Gasteiger partial charge in [0.1, 0.15) is 23.3 Å². The van der Waals surface area contributed by atoms with Gasteiger partial charge < -0.3 is 19.5 Å². The molecule has 1 aromatic rings. The maximum Gasteiger partial charge on any atom is 0.509 e.